The first-order valence-corrected chi connectivity index (χ1v) is 26.5. The molecule has 4 N–H and O–H groups in total. The third kappa shape index (κ3) is 9.96. The lowest BCUT2D eigenvalue weighted by atomic mass is 9.89. The number of aryl methyl sites for hydroxylation is 1. The maximum atomic E-state index is 14.3. The number of aromatic hydroxyl groups is 1. The molecule has 18 heteroatoms. The lowest BCUT2D eigenvalue weighted by Gasteiger charge is -2.35. The number of aromatic nitrogens is 8. The Hall–Kier alpha value is -7.18. The zero-order valence-electron chi connectivity index (χ0n) is 42.8. The number of piperidine rings is 2. The predicted octanol–water partition coefficient (Wildman–Crippen LogP) is 7.14. The van der Waals surface area contributed by atoms with Crippen molar-refractivity contribution >= 4 is 34.6 Å². The van der Waals surface area contributed by atoms with Crippen molar-refractivity contribution in [2.75, 3.05) is 55.6 Å². The second kappa shape index (κ2) is 21.0. The molecule has 0 bridgehead atoms. The van der Waals surface area contributed by atoms with Crippen molar-refractivity contribution in [1.82, 2.24) is 55.2 Å². The van der Waals surface area contributed by atoms with E-state index < -0.39 is 18.1 Å². The van der Waals surface area contributed by atoms with Gasteiger partial charge in [-0.1, -0.05) is 55.4 Å². The van der Waals surface area contributed by atoms with E-state index in [-0.39, 0.29) is 42.5 Å². The number of phenols is 1. The molecule has 4 atom stereocenters. The smallest absolute Gasteiger partial charge is 0.243 e. The highest BCUT2D eigenvalue weighted by Crippen LogP contribution is 2.40. The Kier molecular flexibility index (Phi) is 13.9. The van der Waals surface area contributed by atoms with Gasteiger partial charge >= 0.3 is 0 Å². The predicted molar refractivity (Wildman–Crippen MR) is 281 cm³/mol. The minimum absolute atomic E-state index is 0.0278. The van der Waals surface area contributed by atoms with Gasteiger partial charge < -0.3 is 44.6 Å². The Balaban J connectivity index is 0.633. The van der Waals surface area contributed by atoms with E-state index >= 15 is 0 Å². The fourth-order valence-corrected chi connectivity index (χ4v) is 12.0. The van der Waals surface area contributed by atoms with E-state index in [1.807, 2.05) is 92.6 Å². The molecule has 11 rings (SSSR count). The highest BCUT2D eigenvalue weighted by atomic mass is 16.5. The van der Waals surface area contributed by atoms with Crippen molar-refractivity contribution < 1.29 is 24.3 Å². The normalized spacial score (nSPS) is 20.4. The van der Waals surface area contributed by atoms with Crippen LogP contribution in [0.4, 0.5) is 11.8 Å². The molecule has 18 nitrogen and oxygen atoms in total. The van der Waals surface area contributed by atoms with Gasteiger partial charge in [-0.3, -0.25) is 14.3 Å². The fraction of sp³-hybridized carbons (Fsp3) is 0.464. The Labute approximate surface area is 431 Å². The van der Waals surface area contributed by atoms with Crippen LogP contribution in [0.25, 0.3) is 33.5 Å². The van der Waals surface area contributed by atoms with Gasteiger partial charge in [-0.05, 0) is 117 Å². The average molecular weight is 1000 g/mol. The summed E-state index contributed by atoms with van der Waals surface area (Å²) in [5.41, 5.74) is 8.54. The average Bonchev–Trinajstić information content (AvgIpc) is 4.25. The maximum absolute atomic E-state index is 14.3. The monoisotopic (exact) mass is 1000 g/mol. The van der Waals surface area contributed by atoms with E-state index in [1.165, 1.54) is 16.0 Å². The van der Waals surface area contributed by atoms with Crippen LogP contribution < -0.4 is 15.1 Å². The van der Waals surface area contributed by atoms with Gasteiger partial charge in [0.15, 0.2) is 17.2 Å². The van der Waals surface area contributed by atoms with E-state index in [9.17, 15) is 19.8 Å². The number of nitrogens with one attached hydrogen (secondary N) is 2. The zero-order valence-corrected chi connectivity index (χ0v) is 42.8. The van der Waals surface area contributed by atoms with Gasteiger partial charge in [0.1, 0.15) is 17.7 Å². The van der Waals surface area contributed by atoms with Gasteiger partial charge in [-0.25, -0.2) is 9.97 Å². The molecule has 3 fully saturated rings. The summed E-state index contributed by atoms with van der Waals surface area (Å²) in [6, 6.07) is 20.3. The van der Waals surface area contributed by atoms with Crippen LogP contribution in [-0.2, 0) is 29.6 Å². The number of amides is 2. The molecule has 0 radical (unpaired) electrons. The fourth-order valence-electron chi connectivity index (χ4n) is 12.0. The van der Waals surface area contributed by atoms with E-state index in [2.05, 4.69) is 52.4 Å². The number of carbonyl (C=O) groups is 2. The molecule has 386 valence electrons. The van der Waals surface area contributed by atoms with E-state index in [1.54, 1.807) is 18.3 Å². The standard InChI is InChI=1S/C56H67N13O5/c1-34(2)51(55(73)69-33-41(70)27-47(69)54(72)57-30-37-9-11-39(12-10-37)46-13-20-60-65(46)4)49-29-50(64-74-49)67-24-15-36(16-25-67)14-21-66-22-17-38(18-23-66)40-31-58-56(59-32-40)68-26-19-44-52(35(68)3)43-28-45(62-63-53(43)61-44)42-7-5-6-8-48(42)71/h5-13,20,28-29,31-32,34-36,38,41,47,51,70-71H,14-19,21-27,30,33H2,1-4H3,(H,57,72)(H,61,63)/t35-,41-,47+,51-/m1/s1. The minimum Gasteiger partial charge on any atom is -0.507 e. The molecule has 2 aromatic carbocycles. The van der Waals surface area contributed by atoms with Crippen molar-refractivity contribution in [3.63, 3.8) is 0 Å². The van der Waals surface area contributed by atoms with Crippen LogP contribution in [0.3, 0.4) is 0 Å². The summed E-state index contributed by atoms with van der Waals surface area (Å²) in [5.74, 6) is 1.92. The Morgan fingerprint density at radius 1 is 0.932 bits per heavy atom. The zero-order chi connectivity index (χ0) is 51.0. The number of phenolic OH excluding ortho intramolecular Hbond substituents is 1. The van der Waals surface area contributed by atoms with Gasteiger partial charge in [0.05, 0.1) is 23.5 Å². The van der Waals surface area contributed by atoms with Crippen molar-refractivity contribution in [3.8, 4) is 28.3 Å². The van der Waals surface area contributed by atoms with Crippen LogP contribution in [0.1, 0.15) is 105 Å². The number of rotatable bonds is 14. The number of aliphatic hydroxyl groups excluding tert-OH is 1. The summed E-state index contributed by atoms with van der Waals surface area (Å²) in [6.45, 7) is 12.3. The van der Waals surface area contributed by atoms with E-state index in [0.717, 1.165) is 123 Å². The van der Waals surface area contributed by atoms with Gasteiger partial charge in [0.2, 0.25) is 17.8 Å². The molecule has 3 saturated heterocycles. The number of β-amino-alcohol motifs (C(OH)–C–C–N with tert-alkyl or cyclic N) is 1. The number of hydrogen-bond donors (Lipinski definition) is 4. The Morgan fingerprint density at radius 2 is 1.70 bits per heavy atom. The number of para-hydroxylation sites is 1. The molecule has 0 saturated carbocycles. The number of benzene rings is 2. The number of aromatic amines is 1. The molecule has 0 spiro atoms. The number of anilines is 2. The second-order valence-corrected chi connectivity index (χ2v) is 21.3. The molecular formula is C56H67N13O5. The van der Waals surface area contributed by atoms with Gasteiger partial charge in [0.25, 0.3) is 0 Å². The van der Waals surface area contributed by atoms with Gasteiger partial charge in [0, 0.05) is 99.5 Å². The van der Waals surface area contributed by atoms with Crippen LogP contribution in [-0.4, -0.2) is 130 Å². The summed E-state index contributed by atoms with van der Waals surface area (Å²) in [5, 5.41) is 42.9. The third-order valence-electron chi connectivity index (χ3n) is 16.3. The highest BCUT2D eigenvalue weighted by molar-refractivity contribution is 5.91. The molecule has 5 aromatic heterocycles. The second-order valence-electron chi connectivity index (χ2n) is 21.3. The van der Waals surface area contributed by atoms with Crippen LogP contribution in [0.5, 0.6) is 5.75 Å². The summed E-state index contributed by atoms with van der Waals surface area (Å²) < 4.78 is 7.75. The highest BCUT2D eigenvalue weighted by Gasteiger charge is 2.43. The first kappa shape index (κ1) is 49.1. The molecular weight excluding hydrogens is 935 g/mol. The maximum Gasteiger partial charge on any atom is 0.243 e. The topological polar surface area (TPSA) is 211 Å². The van der Waals surface area contributed by atoms with Gasteiger partial charge in [-0.15, -0.1) is 10.2 Å². The summed E-state index contributed by atoms with van der Waals surface area (Å²) >= 11 is 0. The number of likely N-dealkylation sites (tertiary alicyclic amines) is 2. The molecule has 2 amide bonds. The van der Waals surface area contributed by atoms with E-state index in [4.69, 9.17) is 14.5 Å². The number of nitrogens with zero attached hydrogens (tertiary/aromatic N) is 11. The minimum atomic E-state index is -0.794. The summed E-state index contributed by atoms with van der Waals surface area (Å²) in [6.07, 6.45) is 11.5. The first-order chi connectivity index (χ1) is 35.9. The molecule has 0 aliphatic carbocycles. The number of carbonyl (C=O) groups excluding carboxylic acids is 2. The lowest BCUT2D eigenvalue weighted by Crippen LogP contribution is -2.48. The quantitative estimate of drug-likeness (QED) is 0.0854. The number of aliphatic hydroxyl groups is 1. The largest absolute Gasteiger partial charge is 0.507 e. The van der Waals surface area contributed by atoms with Gasteiger partial charge in [-0.2, -0.15) is 5.10 Å². The molecule has 4 aliphatic rings. The summed E-state index contributed by atoms with van der Waals surface area (Å²) in [7, 11) is 1.90. The SMILES string of the molecule is CC(C)[C@@H](C(=O)N1C[C@H](O)C[C@H]1C(=O)NCc1ccc(-c2ccnn2C)cc1)c1cc(N2CCC(CCN3CCC(c4cnc(N5CCc6[nH]c7nnc(-c8ccccc8O)cc7c6[C@H]5C)nc4)CC3)CC2)no1. The molecule has 0 unspecified atom stereocenters. The third-order valence-corrected chi connectivity index (χ3v) is 16.3. The lowest BCUT2D eigenvalue weighted by molar-refractivity contribution is -0.141. The number of fused-ring (bicyclic) bond motifs is 3. The van der Waals surface area contributed by atoms with Crippen molar-refractivity contribution in [1.29, 1.82) is 0 Å². The molecule has 7 aromatic rings. The van der Waals surface area contributed by atoms with Crippen LogP contribution in [0, 0.1) is 11.8 Å². The Morgan fingerprint density at radius 3 is 2.43 bits per heavy atom. The Bertz CT molecular complexity index is 3080. The summed E-state index contributed by atoms with van der Waals surface area (Å²) in [4.78, 5) is 50.0. The van der Waals surface area contributed by atoms with Crippen LogP contribution in [0.2, 0.25) is 0 Å². The molecule has 9 heterocycles. The molecule has 4 aliphatic heterocycles. The van der Waals surface area contributed by atoms with Crippen molar-refractivity contribution in [3.05, 3.63) is 113 Å². The van der Waals surface area contributed by atoms with Crippen LogP contribution >= 0.6 is 0 Å². The van der Waals surface area contributed by atoms with Crippen molar-refractivity contribution in [2.45, 2.75) is 102 Å². The van der Waals surface area contributed by atoms with E-state index in [0.29, 0.717) is 35.4 Å². The van der Waals surface area contributed by atoms with Crippen LogP contribution in [0.15, 0.2) is 89.8 Å². The van der Waals surface area contributed by atoms with Crippen molar-refractivity contribution in [2.24, 2.45) is 18.9 Å². The number of hydrogen-bond acceptors (Lipinski definition) is 14. The molecule has 74 heavy (non-hydrogen) atoms. The number of H-pyrrole nitrogens is 1. The first-order valence-electron chi connectivity index (χ1n) is 26.5.